The van der Waals surface area contributed by atoms with Crippen molar-refractivity contribution in [1.82, 2.24) is 20.0 Å². The highest BCUT2D eigenvalue weighted by Gasteiger charge is 2.15. The van der Waals surface area contributed by atoms with Gasteiger partial charge in [-0.1, -0.05) is 73.2 Å². The number of nitrogens with two attached hydrogens (primary N) is 1. The van der Waals surface area contributed by atoms with Crippen LogP contribution >= 0.6 is 11.8 Å². The van der Waals surface area contributed by atoms with Crippen molar-refractivity contribution in [1.29, 1.82) is 0 Å². The third-order valence-corrected chi connectivity index (χ3v) is 5.83. The summed E-state index contributed by atoms with van der Waals surface area (Å²) < 4.78 is 12.9. The average Bonchev–Trinajstić information content (AvgIpc) is 3.38. The van der Waals surface area contributed by atoms with Crippen LogP contribution in [0.25, 0.3) is 11.3 Å². The number of benzene rings is 2. The molecule has 8 heteroatoms. The molecule has 0 amide bonds. The lowest BCUT2D eigenvalue weighted by Gasteiger charge is -2.14. The number of thioether (sulfide) groups is 1. The van der Waals surface area contributed by atoms with Crippen LogP contribution in [-0.2, 0) is 12.4 Å². The van der Waals surface area contributed by atoms with Crippen LogP contribution in [0.3, 0.4) is 0 Å². The van der Waals surface area contributed by atoms with Crippen molar-refractivity contribution in [3.05, 3.63) is 77.2 Å². The maximum Gasteiger partial charge on any atom is 0.210 e. The fourth-order valence-corrected chi connectivity index (χ4v) is 3.90. The highest BCUT2D eigenvalue weighted by atomic mass is 32.2. The van der Waals surface area contributed by atoms with Gasteiger partial charge in [-0.2, -0.15) is 0 Å². The molecule has 0 spiro atoms. The molecule has 0 unspecified atom stereocenters. The standard InChI is InChI=1S/C23H25N5O2S/c1-15(2)19-10-9-16(3)11-21(19)29-13-22-25-26-23(28(22)24)31-14-18-12-20(30-27-18)17-7-5-4-6-8-17/h4-12,15H,13-14,24H2,1-3H3. The zero-order chi connectivity index (χ0) is 21.8. The normalized spacial score (nSPS) is 11.2. The monoisotopic (exact) mass is 435 g/mol. The number of rotatable bonds is 8. The Morgan fingerprint density at radius 2 is 1.90 bits per heavy atom. The van der Waals surface area contributed by atoms with Gasteiger partial charge in [0.2, 0.25) is 5.16 Å². The minimum absolute atomic E-state index is 0.245. The lowest BCUT2D eigenvalue weighted by Crippen LogP contribution is -2.16. The molecule has 7 nitrogen and oxygen atoms in total. The van der Waals surface area contributed by atoms with E-state index in [1.54, 1.807) is 0 Å². The Hall–Kier alpha value is -3.26. The van der Waals surface area contributed by atoms with E-state index >= 15 is 0 Å². The van der Waals surface area contributed by atoms with Crippen LogP contribution in [0, 0.1) is 6.92 Å². The van der Waals surface area contributed by atoms with Gasteiger partial charge in [-0.3, -0.25) is 0 Å². The summed E-state index contributed by atoms with van der Waals surface area (Å²) in [6.45, 7) is 6.58. The van der Waals surface area contributed by atoms with Crippen molar-refractivity contribution in [2.75, 3.05) is 5.84 Å². The summed E-state index contributed by atoms with van der Waals surface area (Å²) in [7, 11) is 0. The first-order valence-electron chi connectivity index (χ1n) is 10.1. The molecule has 2 aromatic carbocycles. The number of aromatic nitrogens is 4. The lowest BCUT2D eigenvalue weighted by molar-refractivity contribution is 0.287. The molecule has 0 radical (unpaired) electrons. The van der Waals surface area contributed by atoms with Crippen molar-refractivity contribution in [2.45, 2.75) is 44.2 Å². The van der Waals surface area contributed by atoms with E-state index in [4.69, 9.17) is 15.1 Å². The Bertz CT molecular complexity index is 1150. The molecule has 2 heterocycles. The number of nitrogens with zero attached hydrogens (tertiary/aromatic N) is 4. The second-order valence-corrected chi connectivity index (χ2v) is 8.53. The maximum atomic E-state index is 6.20. The topological polar surface area (TPSA) is 92.0 Å². The van der Waals surface area contributed by atoms with Gasteiger partial charge in [0.05, 0.1) is 5.69 Å². The molecule has 0 aliphatic carbocycles. The number of hydrogen-bond donors (Lipinski definition) is 1. The number of nitrogen functional groups attached to an aromatic ring is 1. The minimum Gasteiger partial charge on any atom is -0.485 e. The van der Waals surface area contributed by atoms with E-state index in [1.165, 1.54) is 16.4 Å². The van der Waals surface area contributed by atoms with Crippen LogP contribution in [0.1, 0.15) is 42.4 Å². The van der Waals surface area contributed by atoms with Gasteiger partial charge in [0, 0.05) is 17.4 Å². The molecular formula is C23H25N5O2S. The summed E-state index contributed by atoms with van der Waals surface area (Å²) >= 11 is 1.45. The Morgan fingerprint density at radius 3 is 2.68 bits per heavy atom. The van der Waals surface area contributed by atoms with E-state index in [2.05, 4.69) is 41.3 Å². The Kier molecular flexibility index (Phi) is 6.27. The molecular weight excluding hydrogens is 410 g/mol. The molecule has 0 atom stereocenters. The van der Waals surface area contributed by atoms with Crippen molar-refractivity contribution < 1.29 is 9.26 Å². The molecule has 160 valence electrons. The van der Waals surface area contributed by atoms with Crippen LogP contribution in [0.4, 0.5) is 0 Å². The summed E-state index contributed by atoms with van der Waals surface area (Å²) in [6, 6.07) is 18.0. The summed E-state index contributed by atoms with van der Waals surface area (Å²) in [5, 5.41) is 13.1. The molecule has 2 N–H and O–H groups in total. The van der Waals surface area contributed by atoms with Crippen molar-refractivity contribution in [2.24, 2.45) is 0 Å². The molecule has 0 aliphatic rings. The van der Waals surface area contributed by atoms with Gasteiger partial charge in [-0.15, -0.1) is 10.2 Å². The first kappa shape index (κ1) is 21.0. The third kappa shape index (κ3) is 4.91. The number of hydrogen-bond acceptors (Lipinski definition) is 7. The van der Waals surface area contributed by atoms with Crippen LogP contribution in [0.5, 0.6) is 5.75 Å². The minimum atomic E-state index is 0.245. The van der Waals surface area contributed by atoms with Gasteiger partial charge in [0.1, 0.15) is 12.4 Å². The Labute approximate surface area is 185 Å². The second kappa shape index (κ2) is 9.26. The first-order valence-corrected chi connectivity index (χ1v) is 11.1. The summed E-state index contributed by atoms with van der Waals surface area (Å²) in [5.41, 5.74) is 4.10. The highest BCUT2D eigenvalue weighted by molar-refractivity contribution is 7.98. The van der Waals surface area contributed by atoms with Gasteiger partial charge < -0.3 is 15.1 Å². The third-order valence-electron chi connectivity index (χ3n) is 4.85. The smallest absolute Gasteiger partial charge is 0.210 e. The maximum absolute atomic E-state index is 6.20. The van der Waals surface area contributed by atoms with E-state index in [1.807, 2.05) is 49.4 Å². The molecule has 31 heavy (non-hydrogen) atoms. The zero-order valence-corrected chi connectivity index (χ0v) is 18.6. The van der Waals surface area contributed by atoms with E-state index in [0.717, 1.165) is 33.9 Å². The second-order valence-electron chi connectivity index (χ2n) is 7.59. The number of aryl methyl sites for hydroxylation is 1. The fraction of sp³-hybridized carbons (Fsp3) is 0.261. The molecule has 4 rings (SSSR count). The molecule has 0 aliphatic heterocycles. The predicted molar refractivity (Wildman–Crippen MR) is 121 cm³/mol. The molecule has 2 aromatic heterocycles. The van der Waals surface area contributed by atoms with Gasteiger partial charge in [-0.25, -0.2) is 4.68 Å². The van der Waals surface area contributed by atoms with Gasteiger partial charge in [0.25, 0.3) is 0 Å². The lowest BCUT2D eigenvalue weighted by atomic mass is 10.0. The van der Waals surface area contributed by atoms with Gasteiger partial charge >= 0.3 is 0 Å². The zero-order valence-electron chi connectivity index (χ0n) is 17.8. The summed E-state index contributed by atoms with van der Waals surface area (Å²) in [5.74, 6) is 9.28. The first-order chi connectivity index (χ1) is 15.0. The van der Waals surface area contributed by atoms with Crippen molar-refractivity contribution in [3.8, 4) is 17.1 Å². The van der Waals surface area contributed by atoms with Crippen molar-refractivity contribution >= 4 is 11.8 Å². The van der Waals surface area contributed by atoms with E-state index < -0.39 is 0 Å². The SMILES string of the molecule is Cc1ccc(C(C)C)c(OCc2nnc(SCc3cc(-c4ccccc4)on3)n2N)c1. The Morgan fingerprint density at radius 1 is 1.10 bits per heavy atom. The quantitative estimate of drug-likeness (QED) is 0.309. The molecule has 0 bridgehead atoms. The molecule has 0 fully saturated rings. The van der Waals surface area contributed by atoms with E-state index in [0.29, 0.717) is 22.7 Å². The number of ether oxygens (including phenoxy) is 1. The highest BCUT2D eigenvalue weighted by Crippen LogP contribution is 2.29. The average molecular weight is 436 g/mol. The van der Waals surface area contributed by atoms with Crippen LogP contribution < -0.4 is 10.6 Å². The van der Waals surface area contributed by atoms with Crippen molar-refractivity contribution in [3.63, 3.8) is 0 Å². The largest absolute Gasteiger partial charge is 0.485 e. The molecule has 4 aromatic rings. The summed E-state index contributed by atoms with van der Waals surface area (Å²) in [4.78, 5) is 0. The van der Waals surface area contributed by atoms with E-state index in [-0.39, 0.29) is 6.61 Å². The van der Waals surface area contributed by atoms with Gasteiger partial charge in [-0.05, 0) is 30.0 Å². The van der Waals surface area contributed by atoms with E-state index in [9.17, 15) is 0 Å². The fourth-order valence-electron chi connectivity index (χ4n) is 3.15. The Balaban J connectivity index is 1.39. The molecule has 0 saturated heterocycles. The predicted octanol–water partition coefficient (Wildman–Crippen LogP) is 4.95. The van der Waals surface area contributed by atoms with Gasteiger partial charge in [0.15, 0.2) is 11.6 Å². The van der Waals surface area contributed by atoms with Crippen LogP contribution in [0.15, 0.2) is 64.3 Å². The summed E-state index contributed by atoms with van der Waals surface area (Å²) in [6.07, 6.45) is 0. The van der Waals surface area contributed by atoms with Crippen LogP contribution in [0.2, 0.25) is 0 Å². The molecule has 0 saturated carbocycles. The van der Waals surface area contributed by atoms with Crippen LogP contribution in [-0.4, -0.2) is 20.0 Å².